The number of nitrogens with one attached hydrogen (secondary N) is 1. The molecule has 0 spiro atoms. The molecule has 0 amide bonds. The van der Waals surface area contributed by atoms with Crippen molar-refractivity contribution in [2.75, 3.05) is 19.8 Å². The SMILES string of the molecule is CCOc1ccccc1OCCNC1CCCCCCC1. The molecule has 1 N–H and O–H groups in total. The first-order valence-electron chi connectivity index (χ1n) is 8.48. The molecule has 0 unspecified atom stereocenters. The minimum Gasteiger partial charge on any atom is -0.490 e. The third kappa shape index (κ3) is 5.96. The van der Waals surface area contributed by atoms with Crippen LogP contribution < -0.4 is 14.8 Å². The highest BCUT2D eigenvalue weighted by Gasteiger charge is 2.10. The van der Waals surface area contributed by atoms with Gasteiger partial charge in [-0.25, -0.2) is 0 Å². The van der Waals surface area contributed by atoms with Gasteiger partial charge in [0.15, 0.2) is 11.5 Å². The Bertz CT molecular complexity index is 387. The predicted octanol–water partition coefficient (Wildman–Crippen LogP) is 4.17. The molecule has 21 heavy (non-hydrogen) atoms. The van der Waals surface area contributed by atoms with Crippen LogP contribution in [0.15, 0.2) is 24.3 Å². The molecule has 0 saturated heterocycles. The maximum atomic E-state index is 5.85. The number of ether oxygens (including phenoxy) is 2. The van der Waals surface area contributed by atoms with Crippen molar-refractivity contribution in [1.29, 1.82) is 0 Å². The van der Waals surface area contributed by atoms with Gasteiger partial charge in [-0.15, -0.1) is 0 Å². The highest BCUT2D eigenvalue weighted by molar-refractivity contribution is 5.39. The van der Waals surface area contributed by atoms with Crippen molar-refractivity contribution in [3.05, 3.63) is 24.3 Å². The molecular weight excluding hydrogens is 262 g/mol. The van der Waals surface area contributed by atoms with Crippen molar-refractivity contribution in [3.63, 3.8) is 0 Å². The summed E-state index contributed by atoms with van der Waals surface area (Å²) < 4.78 is 11.4. The van der Waals surface area contributed by atoms with E-state index in [0.29, 0.717) is 19.3 Å². The molecule has 0 heterocycles. The van der Waals surface area contributed by atoms with Gasteiger partial charge in [-0.2, -0.15) is 0 Å². The van der Waals surface area contributed by atoms with Crippen molar-refractivity contribution in [2.24, 2.45) is 0 Å². The summed E-state index contributed by atoms with van der Waals surface area (Å²) in [5, 5.41) is 3.65. The van der Waals surface area contributed by atoms with E-state index in [1.165, 1.54) is 44.9 Å². The third-order valence-corrected chi connectivity index (χ3v) is 4.05. The van der Waals surface area contributed by atoms with Crippen LogP contribution in [0.25, 0.3) is 0 Å². The van der Waals surface area contributed by atoms with Crippen LogP contribution in [0.5, 0.6) is 11.5 Å². The first kappa shape index (κ1) is 16.2. The summed E-state index contributed by atoms with van der Waals surface area (Å²) in [4.78, 5) is 0. The molecule has 1 aromatic rings. The standard InChI is InChI=1S/C18H29NO2/c1-2-20-17-12-8-9-13-18(17)21-15-14-19-16-10-6-4-3-5-7-11-16/h8-9,12-13,16,19H,2-7,10-11,14-15H2,1H3. The van der Waals surface area contributed by atoms with E-state index in [1.807, 2.05) is 31.2 Å². The molecule has 1 aromatic carbocycles. The molecule has 1 saturated carbocycles. The third-order valence-electron chi connectivity index (χ3n) is 4.05. The van der Waals surface area contributed by atoms with E-state index in [2.05, 4.69) is 5.32 Å². The van der Waals surface area contributed by atoms with E-state index in [-0.39, 0.29) is 0 Å². The molecule has 0 radical (unpaired) electrons. The van der Waals surface area contributed by atoms with Crippen LogP contribution in [-0.4, -0.2) is 25.8 Å². The number of benzene rings is 1. The fraction of sp³-hybridized carbons (Fsp3) is 0.667. The molecule has 0 aliphatic heterocycles. The van der Waals surface area contributed by atoms with Gasteiger partial charge in [-0.1, -0.05) is 44.2 Å². The molecule has 3 heteroatoms. The van der Waals surface area contributed by atoms with E-state index in [0.717, 1.165) is 18.0 Å². The summed E-state index contributed by atoms with van der Waals surface area (Å²) in [7, 11) is 0. The molecule has 1 aliphatic rings. The van der Waals surface area contributed by atoms with Gasteiger partial charge in [0.05, 0.1) is 6.61 Å². The highest BCUT2D eigenvalue weighted by atomic mass is 16.5. The molecule has 1 aliphatic carbocycles. The van der Waals surface area contributed by atoms with E-state index in [4.69, 9.17) is 9.47 Å². The lowest BCUT2D eigenvalue weighted by Crippen LogP contribution is -2.33. The summed E-state index contributed by atoms with van der Waals surface area (Å²) in [6.45, 7) is 4.26. The zero-order valence-corrected chi connectivity index (χ0v) is 13.3. The second kappa shape index (κ2) is 9.67. The smallest absolute Gasteiger partial charge is 0.161 e. The molecular formula is C18H29NO2. The van der Waals surface area contributed by atoms with E-state index < -0.39 is 0 Å². The van der Waals surface area contributed by atoms with Gasteiger partial charge in [0.2, 0.25) is 0 Å². The van der Waals surface area contributed by atoms with Gasteiger partial charge in [0.1, 0.15) is 6.61 Å². The number of rotatable bonds is 7. The minimum atomic E-state index is 0.667. The maximum Gasteiger partial charge on any atom is 0.161 e. The minimum absolute atomic E-state index is 0.667. The van der Waals surface area contributed by atoms with Crippen molar-refractivity contribution in [1.82, 2.24) is 5.32 Å². The van der Waals surface area contributed by atoms with E-state index >= 15 is 0 Å². The fourth-order valence-corrected chi connectivity index (χ4v) is 2.93. The van der Waals surface area contributed by atoms with Crippen LogP contribution in [0.3, 0.4) is 0 Å². The maximum absolute atomic E-state index is 5.85. The van der Waals surface area contributed by atoms with Gasteiger partial charge in [0.25, 0.3) is 0 Å². The second-order valence-corrected chi connectivity index (χ2v) is 5.72. The van der Waals surface area contributed by atoms with Crippen LogP contribution in [0, 0.1) is 0 Å². The average molecular weight is 291 g/mol. The summed E-state index contributed by atoms with van der Waals surface area (Å²) >= 11 is 0. The Balaban J connectivity index is 1.69. The zero-order valence-electron chi connectivity index (χ0n) is 13.3. The van der Waals surface area contributed by atoms with Crippen molar-refractivity contribution in [2.45, 2.75) is 57.9 Å². The normalized spacial score (nSPS) is 17.0. The van der Waals surface area contributed by atoms with Crippen LogP contribution in [0.1, 0.15) is 51.9 Å². The highest BCUT2D eigenvalue weighted by Crippen LogP contribution is 2.26. The summed E-state index contributed by atoms with van der Waals surface area (Å²) in [5.74, 6) is 1.68. The first-order valence-corrected chi connectivity index (χ1v) is 8.48. The van der Waals surface area contributed by atoms with Crippen molar-refractivity contribution < 1.29 is 9.47 Å². The lowest BCUT2D eigenvalue weighted by molar-refractivity contribution is 0.267. The number of para-hydroxylation sites is 2. The fourth-order valence-electron chi connectivity index (χ4n) is 2.93. The van der Waals surface area contributed by atoms with E-state index in [9.17, 15) is 0 Å². The van der Waals surface area contributed by atoms with Gasteiger partial charge in [-0.3, -0.25) is 0 Å². The van der Waals surface area contributed by atoms with Gasteiger partial charge >= 0.3 is 0 Å². The zero-order chi connectivity index (χ0) is 14.8. The van der Waals surface area contributed by atoms with Crippen molar-refractivity contribution in [3.8, 4) is 11.5 Å². The average Bonchev–Trinajstić information content (AvgIpc) is 2.47. The van der Waals surface area contributed by atoms with Gasteiger partial charge in [-0.05, 0) is 31.9 Å². The molecule has 0 bridgehead atoms. The Morgan fingerprint density at radius 2 is 1.57 bits per heavy atom. The Morgan fingerprint density at radius 3 is 2.24 bits per heavy atom. The number of hydrogen-bond acceptors (Lipinski definition) is 3. The lowest BCUT2D eigenvalue weighted by Gasteiger charge is -2.21. The van der Waals surface area contributed by atoms with Crippen LogP contribution in [0.2, 0.25) is 0 Å². The Hall–Kier alpha value is -1.22. The van der Waals surface area contributed by atoms with Gasteiger partial charge < -0.3 is 14.8 Å². The Kier molecular flexibility index (Phi) is 7.44. The summed E-state index contributed by atoms with van der Waals surface area (Å²) in [5.41, 5.74) is 0. The summed E-state index contributed by atoms with van der Waals surface area (Å²) in [6.07, 6.45) is 9.58. The van der Waals surface area contributed by atoms with E-state index in [1.54, 1.807) is 0 Å². The lowest BCUT2D eigenvalue weighted by atomic mass is 9.97. The summed E-state index contributed by atoms with van der Waals surface area (Å²) in [6, 6.07) is 8.57. The molecule has 1 fully saturated rings. The van der Waals surface area contributed by atoms with Crippen LogP contribution in [0.4, 0.5) is 0 Å². The number of hydrogen-bond donors (Lipinski definition) is 1. The molecule has 3 nitrogen and oxygen atoms in total. The predicted molar refractivity (Wildman–Crippen MR) is 87.2 cm³/mol. The molecule has 0 aromatic heterocycles. The first-order chi connectivity index (χ1) is 10.4. The van der Waals surface area contributed by atoms with Crippen molar-refractivity contribution >= 4 is 0 Å². The Labute approximate surface area is 129 Å². The van der Waals surface area contributed by atoms with Crippen LogP contribution >= 0.6 is 0 Å². The molecule has 0 atom stereocenters. The second-order valence-electron chi connectivity index (χ2n) is 5.72. The van der Waals surface area contributed by atoms with Gasteiger partial charge in [0, 0.05) is 12.6 Å². The van der Waals surface area contributed by atoms with Crippen LogP contribution in [-0.2, 0) is 0 Å². The largest absolute Gasteiger partial charge is 0.490 e. The Morgan fingerprint density at radius 1 is 0.952 bits per heavy atom. The quantitative estimate of drug-likeness (QED) is 0.765. The molecule has 2 rings (SSSR count). The monoisotopic (exact) mass is 291 g/mol. The topological polar surface area (TPSA) is 30.5 Å². The molecule has 118 valence electrons.